The van der Waals surface area contributed by atoms with Gasteiger partial charge in [-0.25, -0.2) is 4.68 Å². The number of hydrogen-bond acceptors (Lipinski definition) is 4. The molecule has 0 bridgehead atoms. The molecule has 0 atom stereocenters. The first-order chi connectivity index (χ1) is 9.86. The summed E-state index contributed by atoms with van der Waals surface area (Å²) in [5, 5.41) is 15.6. The van der Waals surface area contributed by atoms with Gasteiger partial charge in [-0.3, -0.25) is 14.9 Å². The summed E-state index contributed by atoms with van der Waals surface area (Å²) in [4.78, 5) is 22.1. The molecule has 0 fully saturated rings. The van der Waals surface area contributed by atoms with Gasteiger partial charge in [0.25, 0.3) is 5.69 Å². The zero-order chi connectivity index (χ0) is 15.7. The summed E-state index contributed by atoms with van der Waals surface area (Å²) >= 11 is 0. The highest BCUT2D eigenvalue weighted by Crippen LogP contribution is 2.25. The zero-order valence-electron chi connectivity index (χ0n) is 12.5. The van der Waals surface area contributed by atoms with Crippen molar-refractivity contribution in [3.63, 3.8) is 0 Å². The average Bonchev–Trinajstić information content (AvgIpc) is 2.72. The maximum Gasteiger partial charge on any atom is 0.282 e. The van der Waals surface area contributed by atoms with E-state index in [4.69, 9.17) is 0 Å². The number of aryl methyl sites for hydroxylation is 1. The molecule has 6 nitrogen and oxygen atoms in total. The maximum atomic E-state index is 11.5. The average molecular weight is 287 g/mol. The Hall–Kier alpha value is -2.50. The van der Waals surface area contributed by atoms with E-state index in [0.717, 1.165) is 23.4 Å². The summed E-state index contributed by atoms with van der Waals surface area (Å²) in [6.45, 7) is 7.22. The number of hydrogen-bond donors (Lipinski definition) is 0. The Labute approximate surface area is 122 Å². The number of nitrogens with zero attached hydrogens (tertiary/aromatic N) is 3. The largest absolute Gasteiger partial charge is 0.294 e. The third kappa shape index (κ3) is 2.56. The first-order valence-electron chi connectivity index (χ1n) is 6.71. The molecular weight excluding hydrogens is 270 g/mol. The molecule has 0 aliphatic heterocycles. The highest BCUT2D eigenvalue weighted by molar-refractivity contribution is 5.98. The smallest absolute Gasteiger partial charge is 0.282 e. The predicted octanol–water partition coefficient (Wildman–Crippen LogP) is 3.16. The summed E-state index contributed by atoms with van der Waals surface area (Å²) in [5.41, 5.74) is 3.51. The van der Waals surface area contributed by atoms with Crippen molar-refractivity contribution in [1.82, 2.24) is 9.78 Å². The number of carbonyl (C=O) groups is 1. The van der Waals surface area contributed by atoms with Gasteiger partial charge in [0, 0.05) is 11.8 Å². The van der Waals surface area contributed by atoms with E-state index >= 15 is 0 Å². The minimum Gasteiger partial charge on any atom is -0.294 e. The fourth-order valence-electron chi connectivity index (χ4n) is 2.54. The third-order valence-electron chi connectivity index (χ3n) is 3.60. The Kier molecular flexibility index (Phi) is 3.88. The number of aromatic nitrogens is 2. The number of benzene rings is 1. The Morgan fingerprint density at radius 3 is 2.52 bits per heavy atom. The quantitative estimate of drug-likeness (QED) is 0.491. The fourth-order valence-corrected chi connectivity index (χ4v) is 2.54. The first kappa shape index (κ1) is 14.9. The molecule has 0 radical (unpaired) electrons. The molecule has 0 unspecified atom stereocenters. The molecule has 1 aromatic carbocycles. The number of nitro benzene ring substituents is 1. The van der Waals surface area contributed by atoms with E-state index in [9.17, 15) is 14.9 Å². The van der Waals surface area contributed by atoms with Gasteiger partial charge in [0.05, 0.1) is 21.9 Å². The van der Waals surface area contributed by atoms with E-state index in [1.54, 1.807) is 10.7 Å². The number of carbonyl (C=O) groups excluding carboxylic acids is 1. The molecule has 1 heterocycles. The molecule has 2 rings (SSSR count). The van der Waals surface area contributed by atoms with Crippen molar-refractivity contribution < 1.29 is 9.72 Å². The molecule has 0 aliphatic carbocycles. The number of ketones is 1. The van der Waals surface area contributed by atoms with Crippen LogP contribution in [0.15, 0.2) is 18.2 Å². The highest BCUT2D eigenvalue weighted by Gasteiger charge is 2.20. The van der Waals surface area contributed by atoms with Gasteiger partial charge in [0.15, 0.2) is 5.78 Å². The fraction of sp³-hybridized carbons (Fsp3) is 0.333. The summed E-state index contributed by atoms with van der Waals surface area (Å²) in [6, 6.07) is 4.57. The third-order valence-corrected chi connectivity index (χ3v) is 3.60. The lowest BCUT2D eigenvalue weighted by atomic mass is 10.1. The molecule has 0 amide bonds. The molecule has 110 valence electrons. The maximum absolute atomic E-state index is 11.5. The minimum absolute atomic E-state index is 0.112. The van der Waals surface area contributed by atoms with Crippen LogP contribution in [-0.2, 0) is 6.42 Å². The van der Waals surface area contributed by atoms with E-state index in [1.807, 2.05) is 20.8 Å². The summed E-state index contributed by atoms with van der Waals surface area (Å²) in [7, 11) is 0. The van der Waals surface area contributed by atoms with Crippen molar-refractivity contribution in [2.75, 3.05) is 0 Å². The monoisotopic (exact) mass is 287 g/mol. The normalized spacial score (nSPS) is 10.7. The molecular formula is C15H17N3O3. The molecule has 21 heavy (non-hydrogen) atoms. The number of nitro groups is 1. The summed E-state index contributed by atoms with van der Waals surface area (Å²) in [6.07, 6.45) is 0.852. The van der Waals surface area contributed by atoms with Gasteiger partial charge in [0.2, 0.25) is 0 Å². The van der Waals surface area contributed by atoms with Gasteiger partial charge in [0.1, 0.15) is 0 Å². The minimum atomic E-state index is -0.535. The van der Waals surface area contributed by atoms with Crippen LogP contribution in [0.5, 0.6) is 0 Å². The molecule has 0 spiro atoms. The standard InChI is InChI=1S/C15H17N3O3/c1-5-13-9(2)16-17(10(13)3)12-6-7-14(11(4)19)15(8-12)18(20)21/h6-8H,5H2,1-4H3. The van der Waals surface area contributed by atoms with E-state index in [1.165, 1.54) is 19.1 Å². The van der Waals surface area contributed by atoms with Crippen molar-refractivity contribution in [1.29, 1.82) is 0 Å². The van der Waals surface area contributed by atoms with Crippen molar-refractivity contribution in [2.45, 2.75) is 34.1 Å². The summed E-state index contributed by atoms with van der Waals surface area (Å²) in [5.74, 6) is -0.323. The lowest BCUT2D eigenvalue weighted by molar-refractivity contribution is -0.385. The molecule has 0 aliphatic rings. The SMILES string of the molecule is CCc1c(C)nn(-c2ccc(C(C)=O)c([N+](=O)[O-])c2)c1C. The van der Waals surface area contributed by atoms with Crippen LogP contribution in [0.2, 0.25) is 0 Å². The lowest BCUT2D eigenvalue weighted by Gasteiger charge is -2.06. The van der Waals surface area contributed by atoms with Crippen LogP contribution < -0.4 is 0 Å². The molecule has 6 heteroatoms. The van der Waals surface area contributed by atoms with Crippen molar-refractivity contribution in [2.24, 2.45) is 0 Å². The Bertz CT molecular complexity index is 732. The number of rotatable bonds is 4. The van der Waals surface area contributed by atoms with Crippen molar-refractivity contribution in [3.05, 3.63) is 50.8 Å². The Morgan fingerprint density at radius 1 is 1.38 bits per heavy atom. The predicted molar refractivity (Wildman–Crippen MR) is 79.1 cm³/mol. The van der Waals surface area contributed by atoms with Crippen LogP contribution >= 0.6 is 0 Å². The van der Waals surface area contributed by atoms with Crippen molar-refractivity contribution >= 4 is 11.5 Å². The topological polar surface area (TPSA) is 78.0 Å². The van der Waals surface area contributed by atoms with Crippen LogP contribution in [0.25, 0.3) is 5.69 Å². The lowest BCUT2D eigenvalue weighted by Crippen LogP contribution is -2.04. The van der Waals surface area contributed by atoms with Crippen LogP contribution in [0, 0.1) is 24.0 Å². The Balaban J connectivity index is 2.63. The van der Waals surface area contributed by atoms with Gasteiger partial charge in [-0.1, -0.05) is 6.92 Å². The zero-order valence-corrected chi connectivity index (χ0v) is 12.5. The molecule has 0 saturated heterocycles. The van der Waals surface area contributed by atoms with Crippen LogP contribution in [0.4, 0.5) is 5.69 Å². The molecule has 0 saturated carbocycles. The molecule has 0 N–H and O–H groups in total. The van der Waals surface area contributed by atoms with Crippen molar-refractivity contribution in [3.8, 4) is 5.69 Å². The van der Waals surface area contributed by atoms with Gasteiger partial charge in [-0.2, -0.15) is 5.10 Å². The highest BCUT2D eigenvalue weighted by atomic mass is 16.6. The first-order valence-corrected chi connectivity index (χ1v) is 6.71. The van der Waals surface area contributed by atoms with Gasteiger partial charge >= 0.3 is 0 Å². The molecule has 2 aromatic rings. The van der Waals surface area contributed by atoms with E-state index in [0.29, 0.717) is 5.69 Å². The van der Waals surface area contributed by atoms with E-state index in [-0.39, 0.29) is 17.0 Å². The van der Waals surface area contributed by atoms with Gasteiger partial charge in [-0.05, 0) is 44.9 Å². The van der Waals surface area contributed by atoms with Gasteiger partial charge in [-0.15, -0.1) is 0 Å². The van der Waals surface area contributed by atoms with E-state index in [2.05, 4.69) is 5.10 Å². The van der Waals surface area contributed by atoms with Crippen LogP contribution in [0.1, 0.15) is 41.2 Å². The Morgan fingerprint density at radius 2 is 2.05 bits per heavy atom. The summed E-state index contributed by atoms with van der Waals surface area (Å²) < 4.78 is 1.69. The number of Topliss-reactive ketones (excluding diaryl/α,β-unsaturated/α-hetero) is 1. The second-order valence-electron chi connectivity index (χ2n) is 4.93. The van der Waals surface area contributed by atoms with Crippen LogP contribution in [-0.4, -0.2) is 20.5 Å². The second-order valence-corrected chi connectivity index (χ2v) is 4.93. The van der Waals surface area contributed by atoms with E-state index < -0.39 is 4.92 Å². The molecule has 1 aromatic heterocycles. The van der Waals surface area contributed by atoms with Crippen LogP contribution in [0.3, 0.4) is 0 Å². The van der Waals surface area contributed by atoms with Gasteiger partial charge < -0.3 is 0 Å². The second kappa shape index (κ2) is 5.47.